The standard InChI is InChI=1S/C56H41NS/c1-55(2)46-24-12-13-25-47(46)56(49-35-31-41-21-9-10-23-45(41)54(49)55)48-26-14-16-28-52(48)58-53-36-34-43(37-50(53)56)57(42-32-29-39(30-33-42)38-17-5-3-6-18-38)51-27-15-11-22-44(51)40-19-7-4-8-20-40/h3-37H,1-2H3. The summed E-state index contributed by atoms with van der Waals surface area (Å²) in [5.41, 5.74) is 15.5. The van der Waals surface area contributed by atoms with Crippen LogP contribution < -0.4 is 4.90 Å². The third-order valence-corrected chi connectivity index (χ3v) is 13.7. The summed E-state index contributed by atoms with van der Waals surface area (Å²) >= 11 is 1.90. The summed E-state index contributed by atoms with van der Waals surface area (Å²) < 4.78 is 0. The second kappa shape index (κ2) is 13.5. The maximum Gasteiger partial charge on any atom is 0.0730 e. The van der Waals surface area contributed by atoms with Gasteiger partial charge in [0, 0.05) is 32.1 Å². The molecular weight excluding hydrogens is 719 g/mol. The van der Waals surface area contributed by atoms with E-state index < -0.39 is 5.41 Å². The minimum Gasteiger partial charge on any atom is -0.310 e. The Morgan fingerprint density at radius 2 is 0.983 bits per heavy atom. The van der Waals surface area contributed by atoms with Crippen molar-refractivity contribution in [1.29, 1.82) is 0 Å². The minimum atomic E-state index is -0.555. The summed E-state index contributed by atoms with van der Waals surface area (Å²) in [6.45, 7) is 4.85. The topological polar surface area (TPSA) is 3.24 Å². The van der Waals surface area contributed by atoms with Crippen LogP contribution in [0.25, 0.3) is 33.0 Å². The number of benzene rings is 9. The second-order valence-corrected chi connectivity index (χ2v) is 17.1. The van der Waals surface area contributed by atoms with E-state index >= 15 is 0 Å². The molecule has 9 aromatic rings. The fourth-order valence-corrected chi connectivity index (χ4v) is 11.2. The van der Waals surface area contributed by atoms with Gasteiger partial charge in [-0.15, -0.1) is 0 Å². The number of hydrogen-bond acceptors (Lipinski definition) is 2. The van der Waals surface area contributed by atoms with Crippen LogP contribution in [0.5, 0.6) is 0 Å². The lowest BCUT2D eigenvalue weighted by Gasteiger charge is -2.51. The highest BCUT2D eigenvalue weighted by molar-refractivity contribution is 7.99. The molecule has 276 valence electrons. The zero-order valence-electron chi connectivity index (χ0n) is 32.6. The first-order valence-corrected chi connectivity index (χ1v) is 21.0. The van der Waals surface area contributed by atoms with Crippen LogP contribution in [0.15, 0.2) is 222 Å². The maximum absolute atomic E-state index is 2.51. The molecule has 1 aliphatic heterocycles. The molecule has 0 bridgehead atoms. The van der Waals surface area contributed by atoms with Crippen molar-refractivity contribution in [3.8, 4) is 22.3 Å². The average molecular weight is 760 g/mol. The van der Waals surface area contributed by atoms with Gasteiger partial charge in [0.25, 0.3) is 0 Å². The molecule has 0 N–H and O–H groups in total. The third-order valence-electron chi connectivity index (χ3n) is 12.6. The molecule has 2 heteroatoms. The molecule has 58 heavy (non-hydrogen) atoms. The SMILES string of the molecule is CC1(C)c2ccccc2C2(c3ccccc3Sc3ccc(N(c4ccc(-c5ccccc5)cc4)c4ccccc4-c4ccccc4)cc32)c2ccc3ccccc3c21. The Balaban J connectivity index is 1.22. The highest BCUT2D eigenvalue weighted by atomic mass is 32.2. The molecule has 11 rings (SSSR count). The molecular formula is C56H41NS. The summed E-state index contributed by atoms with van der Waals surface area (Å²) in [5, 5.41) is 2.60. The normalized spacial score (nSPS) is 15.9. The van der Waals surface area contributed by atoms with Crippen LogP contribution >= 0.6 is 11.8 Å². The Morgan fingerprint density at radius 3 is 1.78 bits per heavy atom. The molecule has 2 aliphatic rings. The Morgan fingerprint density at radius 1 is 0.397 bits per heavy atom. The third kappa shape index (κ3) is 5.18. The van der Waals surface area contributed by atoms with E-state index in [1.165, 1.54) is 76.2 Å². The summed E-state index contributed by atoms with van der Waals surface area (Å²) in [5.74, 6) is 0. The number of para-hydroxylation sites is 1. The highest BCUT2D eigenvalue weighted by Gasteiger charge is 2.52. The number of hydrogen-bond donors (Lipinski definition) is 0. The summed E-state index contributed by atoms with van der Waals surface area (Å²) in [6.07, 6.45) is 0. The predicted octanol–water partition coefficient (Wildman–Crippen LogP) is 15.1. The second-order valence-electron chi connectivity index (χ2n) is 16.0. The van der Waals surface area contributed by atoms with E-state index in [-0.39, 0.29) is 5.41 Å². The molecule has 1 spiro atoms. The lowest BCUT2D eigenvalue weighted by atomic mass is 9.53. The van der Waals surface area contributed by atoms with Gasteiger partial charge in [-0.25, -0.2) is 0 Å². The molecule has 0 aromatic heterocycles. The maximum atomic E-state index is 2.51. The fourth-order valence-electron chi connectivity index (χ4n) is 10.0. The van der Waals surface area contributed by atoms with Crippen molar-refractivity contribution in [3.63, 3.8) is 0 Å². The van der Waals surface area contributed by atoms with Crippen molar-refractivity contribution >= 4 is 39.6 Å². The van der Waals surface area contributed by atoms with Crippen LogP contribution in [-0.2, 0) is 10.8 Å². The van der Waals surface area contributed by atoms with Crippen molar-refractivity contribution in [2.75, 3.05) is 4.90 Å². The van der Waals surface area contributed by atoms with E-state index in [1.807, 2.05) is 11.8 Å². The van der Waals surface area contributed by atoms with Crippen LogP contribution in [0, 0.1) is 0 Å². The molecule has 9 aromatic carbocycles. The lowest BCUT2D eigenvalue weighted by molar-refractivity contribution is 0.554. The van der Waals surface area contributed by atoms with E-state index in [1.54, 1.807) is 0 Å². The van der Waals surface area contributed by atoms with Crippen LogP contribution in [-0.4, -0.2) is 0 Å². The fraction of sp³-hybridized carbons (Fsp3) is 0.0714. The van der Waals surface area contributed by atoms with E-state index in [4.69, 9.17) is 0 Å². The zero-order chi connectivity index (χ0) is 38.8. The Kier molecular flexibility index (Phi) is 8.06. The summed E-state index contributed by atoms with van der Waals surface area (Å²) in [4.78, 5) is 5.06. The molecule has 1 unspecified atom stereocenters. The first-order valence-electron chi connectivity index (χ1n) is 20.2. The summed E-state index contributed by atoms with van der Waals surface area (Å²) in [7, 11) is 0. The quantitative estimate of drug-likeness (QED) is 0.172. The van der Waals surface area contributed by atoms with Crippen LogP contribution in [0.1, 0.15) is 47.2 Å². The van der Waals surface area contributed by atoms with Gasteiger partial charge in [0.05, 0.1) is 11.1 Å². The highest BCUT2D eigenvalue weighted by Crippen LogP contribution is 2.63. The first kappa shape index (κ1) is 34.6. The van der Waals surface area contributed by atoms with Gasteiger partial charge in [0.1, 0.15) is 0 Å². The van der Waals surface area contributed by atoms with Crippen molar-refractivity contribution < 1.29 is 0 Å². The average Bonchev–Trinajstić information content (AvgIpc) is 3.29. The van der Waals surface area contributed by atoms with Gasteiger partial charge in [-0.1, -0.05) is 195 Å². The van der Waals surface area contributed by atoms with Crippen molar-refractivity contribution in [2.45, 2.75) is 34.5 Å². The molecule has 1 heterocycles. The molecule has 0 fully saturated rings. The molecule has 1 nitrogen and oxygen atoms in total. The Bertz CT molecular complexity index is 3000. The van der Waals surface area contributed by atoms with Crippen LogP contribution in [0.4, 0.5) is 17.1 Å². The van der Waals surface area contributed by atoms with Gasteiger partial charge >= 0.3 is 0 Å². The van der Waals surface area contributed by atoms with Gasteiger partial charge in [-0.2, -0.15) is 0 Å². The van der Waals surface area contributed by atoms with Crippen LogP contribution in [0.3, 0.4) is 0 Å². The van der Waals surface area contributed by atoms with Crippen molar-refractivity contribution in [2.24, 2.45) is 0 Å². The lowest BCUT2D eigenvalue weighted by Crippen LogP contribution is -2.43. The van der Waals surface area contributed by atoms with Gasteiger partial charge in [0.2, 0.25) is 0 Å². The molecule has 0 amide bonds. The minimum absolute atomic E-state index is 0.226. The Hall–Kier alpha value is -6.61. The van der Waals surface area contributed by atoms with Crippen molar-refractivity contribution in [3.05, 3.63) is 246 Å². The van der Waals surface area contributed by atoms with Gasteiger partial charge in [-0.3, -0.25) is 0 Å². The van der Waals surface area contributed by atoms with E-state index in [2.05, 4.69) is 231 Å². The number of nitrogens with zero attached hydrogens (tertiary/aromatic N) is 1. The predicted molar refractivity (Wildman–Crippen MR) is 244 cm³/mol. The zero-order valence-corrected chi connectivity index (χ0v) is 33.4. The van der Waals surface area contributed by atoms with Gasteiger partial charge < -0.3 is 4.90 Å². The van der Waals surface area contributed by atoms with Crippen molar-refractivity contribution in [1.82, 2.24) is 0 Å². The molecule has 0 radical (unpaired) electrons. The number of fused-ring (bicyclic) bond motifs is 10. The van der Waals surface area contributed by atoms with Gasteiger partial charge in [0.15, 0.2) is 0 Å². The first-order chi connectivity index (χ1) is 28.5. The van der Waals surface area contributed by atoms with E-state index in [9.17, 15) is 0 Å². The van der Waals surface area contributed by atoms with Gasteiger partial charge in [-0.05, 0) is 103 Å². The summed E-state index contributed by atoms with van der Waals surface area (Å²) in [6, 6.07) is 78.7. The molecule has 0 saturated heterocycles. The monoisotopic (exact) mass is 759 g/mol. The van der Waals surface area contributed by atoms with E-state index in [0.29, 0.717) is 0 Å². The smallest absolute Gasteiger partial charge is 0.0730 e. The number of rotatable bonds is 5. The molecule has 1 aliphatic carbocycles. The number of anilines is 3. The largest absolute Gasteiger partial charge is 0.310 e. The Labute approximate surface area is 345 Å². The van der Waals surface area contributed by atoms with E-state index in [0.717, 1.165) is 17.1 Å². The van der Waals surface area contributed by atoms with Crippen LogP contribution in [0.2, 0.25) is 0 Å². The molecule has 1 atom stereocenters. The molecule has 0 saturated carbocycles.